The maximum Gasteiger partial charge on any atom is 0.132 e. The van der Waals surface area contributed by atoms with Crippen LogP contribution in [0.1, 0.15) is 22.7 Å². The van der Waals surface area contributed by atoms with Crippen LogP contribution in [0.4, 0.5) is 5.82 Å². The Hall–Kier alpha value is -1.39. The minimum atomic E-state index is 0. The second kappa shape index (κ2) is 5.78. The van der Waals surface area contributed by atoms with Gasteiger partial charge in [-0.2, -0.15) is 0 Å². The average molecular weight is 346 g/mol. The van der Waals surface area contributed by atoms with Crippen molar-refractivity contribution >= 4 is 22.8 Å². The van der Waals surface area contributed by atoms with Crippen molar-refractivity contribution in [1.29, 1.82) is 0 Å². The van der Waals surface area contributed by atoms with Gasteiger partial charge < -0.3 is 9.80 Å². The van der Waals surface area contributed by atoms with Crippen molar-refractivity contribution in [3.05, 3.63) is 59.3 Å². The standard InChI is InChI=1S/C17H19N3.BrH/c1-19-9-10-20-16(12-19)15-7-3-2-5-13(15)11-14-6-4-8-18-17(14)20;/h2-8,16H,9-12H2,1H3;1H/t16-;/m0./s1. The fourth-order valence-electron chi connectivity index (χ4n) is 3.49. The van der Waals surface area contributed by atoms with Crippen LogP contribution in [0.3, 0.4) is 0 Å². The van der Waals surface area contributed by atoms with Gasteiger partial charge in [-0.05, 0) is 29.8 Å². The van der Waals surface area contributed by atoms with Gasteiger partial charge in [-0.3, -0.25) is 0 Å². The van der Waals surface area contributed by atoms with Crippen molar-refractivity contribution in [2.45, 2.75) is 12.5 Å². The van der Waals surface area contributed by atoms with E-state index in [0.29, 0.717) is 6.04 Å². The molecular weight excluding hydrogens is 326 g/mol. The minimum Gasteiger partial charge on any atom is -0.347 e. The molecule has 2 aliphatic heterocycles. The Bertz CT molecular complexity index is 643. The first-order valence-corrected chi connectivity index (χ1v) is 7.30. The number of hydrogen-bond donors (Lipinski definition) is 0. The lowest BCUT2D eigenvalue weighted by atomic mass is 9.96. The number of rotatable bonds is 0. The third-order valence-electron chi connectivity index (χ3n) is 4.52. The third-order valence-corrected chi connectivity index (χ3v) is 4.52. The van der Waals surface area contributed by atoms with Crippen LogP contribution in [-0.4, -0.2) is 36.6 Å². The normalized spacial score (nSPS) is 20.6. The van der Waals surface area contributed by atoms with E-state index in [2.05, 4.69) is 58.2 Å². The molecular formula is C17H20BrN3. The lowest BCUT2D eigenvalue weighted by molar-refractivity contribution is 0.268. The largest absolute Gasteiger partial charge is 0.347 e. The summed E-state index contributed by atoms with van der Waals surface area (Å²) >= 11 is 0. The SMILES string of the molecule is Br.CN1CCN2c3ncccc3Cc3ccccc3[C@@H]2C1. The zero-order valence-corrected chi connectivity index (χ0v) is 13.9. The average Bonchev–Trinajstić information content (AvgIpc) is 2.61. The summed E-state index contributed by atoms with van der Waals surface area (Å²) in [5, 5.41) is 0. The second-order valence-corrected chi connectivity index (χ2v) is 5.83. The van der Waals surface area contributed by atoms with E-state index in [9.17, 15) is 0 Å². The number of piperazine rings is 1. The highest BCUT2D eigenvalue weighted by Crippen LogP contribution is 2.37. The van der Waals surface area contributed by atoms with E-state index < -0.39 is 0 Å². The summed E-state index contributed by atoms with van der Waals surface area (Å²) in [6, 6.07) is 13.6. The van der Waals surface area contributed by atoms with Gasteiger partial charge >= 0.3 is 0 Å². The molecule has 0 unspecified atom stereocenters. The van der Waals surface area contributed by atoms with Crippen molar-refractivity contribution in [3.63, 3.8) is 0 Å². The zero-order chi connectivity index (χ0) is 13.5. The molecule has 0 aliphatic carbocycles. The van der Waals surface area contributed by atoms with Gasteiger partial charge in [-0.15, -0.1) is 17.0 Å². The molecule has 1 atom stereocenters. The highest BCUT2D eigenvalue weighted by atomic mass is 79.9. The number of likely N-dealkylation sites (N-methyl/N-ethyl adjacent to an activating group) is 1. The molecule has 21 heavy (non-hydrogen) atoms. The number of hydrogen-bond acceptors (Lipinski definition) is 3. The van der Waals surface area contributed by atoms with Gasteiger partial charge in [0.15, 0.2) is 0 Å². The lowest BCUT2D eigenvalue weighted by Crippen LogP contribution is -2.47. The summed E-state index contributed by atoms with van der Waals surface area (Å²) in [4.78, 5) is 9.60. The van der Waals surface area contributed by atoms with Crippen molar-refractivity contribution < 1.29 is 0 Å². The molecule has 2 aliphatic rings. The van der Waals surface area contributed by atoms with Gasteiger partial charge in [0, 0.05) is 32.3 Å². The molecule has 0 amide bonds. The van der Waals surface area contributed by atoms with Crippen LogP contribution in [0.15, 0.2) is 42.6 Å². The predicted molar refractivity (Wildman–Crippen MR) is 91.4 cm³/mol. The first-order valence-electron chi connectivity index (χ1n) is 7.30. The molecule has 110 valence electrons. The number of halogens is 1. The summed E-state index contributed by atoms with van der Waals surface area (Å²) in [6.07, 6.45) is 2.92. The molecule has 4 rings (SSSR count). The highest BCUT2D eigenvalue weighted by molar-refractivity contribution is 8.93. The molecule has 0 radical (unpaired) electrons. The first kappa shape index (κ1) is 14.5. The maximum absolute atomic E-state index is 4.68. The number of fused-ring (bicyclic) bond motifs is 5. The van der Waals surface area contributed by atoms with E-state index in [-0.39, 0.29) is 17.0 Å². The van der Waals surface area contributed by atoms with E-state index in [1.54, 1.807) is 0 Å². The van der Waals surface area contributed by atoms with E-state index >= 15 is 0 Å². The molecule has 0 bridgehead atoms. The highest BCUT2D eigenvalue weighted by Gasteiger charge is 2.32. The zero-order valence-electron chi connectivity index (χ0n) is 12.2. The minimum absolute atomic E-state index is 0. The van der Waals surface area contributed by atoms with Gasteiger partial charge in [0.25, 0.3) is 0 Å². The first-order chi connectivity index (χ1) is 9.83. The van der Waals surface area contributed by atoms with E-state index in [1.807, 2.05) is 6.20 Å². The second-order valence-electron chi connectivity index (χ2n) is 5.83. The molecule has 2 aromatic rings. The molecule has 1 aromatic carbocycles. The van der Waals surface area contributed by atoms with Crippen molar-refractivity contribution in [1.82, 2.24) is 9.88 Å². The fraction of sp³-hybridized carbons (Fsp3) is 0.353. The monoisotopic (exact) mass is 345 g/mol. The lowest BCUT2D eigenvalue weighted by Gasteiger charge is -2.41. The van der Waals surface area contributed by atoms with Crippen LogP contribution in [0.5, 0.6) is 0 Å². The van der Waals surface area contributed by atoms with Gasteiger partial charge in [-0.25, -0.2) is 4.98 Å². The van der Waals surface area contributed by atoms with Crippen LogP contribution in [0, 0.1) is 0 Å². The maximum atomic E-state index is 4.68. The molecule has 3 heterocycles. The van der Waals surface area contributed by atoms with Gasteiger partial charge in [0.05, 0.1) is 6.04 Å². The Morgan fingerprint density at radius 2 is 1.86 bits per heavy atom. The Labute approximate surface area is 136 Å². The number of aromatic nitrogens is 1. The topological polar surface area (TPSA) is 19.4 Å². The number of anilines is 1. The Kier molecular flexibility index (Phi) is 4.00. The van der Waals surface area contributed by atoms with Crippen LogP contribution >= 0.6 is 17.0 Å². The van der Waals surface area contributed by atoms with E-state index in [4.69, 9.17) is 0 Å². The van der Waals surface area contributed by atoms with Crippen molar-refractivity contribution in [3.8, 4) is 0 Å². The third kappa shape index (κ3) is 2.47. The summed E-state index contributed by atoms with van der Waals surface area (Å²) < 4.78 is 0. The Morgan fingerprint density at radius 3 is 2.76 bits per heavy atom. The summed E-state index contributed by atoms with van der Waals surface area (Å²) in [6.45, 7) is 3.24. The van der Waals surface area contributed by atoms with Crippen LogP contribution in [-0.2, 0) is 6.42 Å². The Morgan fingerprint density at radius 1 is 1.05 bits per heavy atom. The summed E-state index contributed by atoms with van der Waals surface area (Å²) in [7, 11) is 2.21. The molecule has 3 nitrogen and oxygen atoms in total. The molecule has 1 saturated heterocycles. The van der Waals surface area contributed by atoms with Crippen LogP contribution in [0.25, 0.3) is 0 Å². The number of pyridine rings is 1. The van der Waals surface area contributed by atoms with Gasteiger partial charge in [0.1, 0.15) is 5.82 Å². The predicted octanol–water partition coefficient (Wildman–Crippen LogP) is 3.06. The van der Waals surface area contributed by atoms with E-state index in [0.717, 1.165) is 26.1 Å². The smallest absolute Gasteiger partial charge is 0.132 e. The molecule has 0 saturated carbocycles. The van der Waals surface area contributed by atoms with Crippen LogP contribution in [0.2, 0.25) is 0 Å². The quantitative estimate of drug-likeness (QED) is 0.731. The summed E-state index contributed by atoms with van der Waals surface area (Å²) in [5.41, 5.74) is 4.27. The van der Waals surface area contributed by atoms with Crippen molar-refractivity contribution in [2.75, 3.05) is 31.6 Å². The molecule has 4 heteroatoms. The molecule has 0 spiro atoms. The Balaban J connectivity index is 0.00000132. The van der Waals surface area contributed by atoms with Crippen molar-refractivity contribution in [2.24, 2.45) is 0 Å². The summed E-state index contributed by atoms with van der Waals surface area (Å²) in [5.74, 6) is 1.18. The van der Waals surface area contributed by atoms with Crippen LogP contribution < -0.4 is 4.90 Å². The van der Waals surface area contributed by atoms with Gasteiger partial charge in [-0.1, -0.05) is 30.3 Å². The molecule has 0 N–H and O–H groups in total. The fourth-order valence-corrected chi connectivity index (χ4v) is 3.49. The number of benzene rings is 1. The van der Waals surface area contributed by atoms with E-state index in [1.165, 1.54) is 22.5 Å². The number of nitrogens with zero attached hydrogens (tertiary/aromatic N) is 3. The van der Waals surface area contributed by atoms with Gasteiger partial charge in [0.2, 0.25) is 0 Å². The molecule has 1 aromatic heterocycles. The molecule has 1 fully saturated rings.